The van der Waals surface area contributed by atoms with Crippen LogP contribution in [0.4, 0.5) is 5.82 Å². The minimum Gasteiger partial charge on any atom is -0.369 e. The van der Waals surface area contributed by atoms with E-state index in [4.69, 9.17) is 5.73 Å². The summed E-state index contributed by atoms with van der Waals surface area (Å²) in [5.41, 5.74) is 9.48. The second-order valence-electron chi connectivity index (χ2n) is 7.00. The number of benzene rings is 1. The SMILES string of the molecule is Cc1cc(NC2CCCCC2C(N)=O)n2c(nc3ccccc32)c1C#N. The molecule has 0 radical (unpaired) electrons. The third-order valence-corrected chi connectivity index (χ3v) is 5.35. The number of rotatable bonds is 3. The van der Waals surface area contributed by atoms with Gasteiger partial charge in [0.15, 0.2) is 5.65 Å². The van der Waals surface area contributed by atoms with Gasteiger partial charge in [-0.25, -0.2) is 4.98 Å². The summed E-state index contributed by atoms with van der Waals surface area (Å²) >= 11 is 0. The van der Waals surface area contributed by atoms with Crippen LogP contribution >= 0.6 is 0 Å². The maximum atomic E-state index is 11.9. The molecule has 2 aromatic heterocycles. The van der Waals surface area contributed by atoms with Crippen LogP contribution in [0, 0.1) is 24.2 Å². The molecule has 132 valence electrons. The molecule has 0 bridgehead atoms. The number of aryl methyl sites for hydroxylation is 1. The number of para-hydroxylation sites is 2. The maximum Gasteiger partial charge on any atom is 0.222 e. The molecule has 1 amide bonds. The third kappa shape index (κ3) is 2.57. The molecule has 3 aromatic rings. The number of aromatic nitrogens is 2. The molecule has 6 heteroatoms. The molecule has 6 nitrogen and oxygen atoms in total. The molecule has 0 saturated heterocycles. The van der Waals surface area contributed by atoms with Gasteiger partial charge >= 0.3 is 0 Å². The number of carbonyl (C=O) groups excluding carboxylic acids is 1. The van der Waals surface area contributed by atoms with Crippen molar-refractivity contribution in [1.82, 2.24) is 9.38 Å². The molecule has 0 aliphatic heterocycles. The van der Waals surface area contributed by atoms with Gasteiger partial charge in [0.2, 0.25) is 5.91 Å². The van der Waals surface area contributed by atoms with Crippen LogP contribution in [0.1, 0.15) is 36.8 Å². The second kappa shape index (κ2) is 6.34. The van der Waals surface area contributed by atoms with Crippen molar-refractivity contribution in [2.45, 2.75) is 38.6 Å². The number of fused-ring (bicyclic) bond motifs is 3. The quantitative estimate of drug-likeness (QED) is 0.761. The summed E-state index contributed by atoms with van der Waals surface area (Å²) in [7, 11) is 0. The predicted molar refractivity (Wildman–Crippen MR) is 101 cm³/mol. The summed E-state index contributed by atoms with van der Waals surface area (Å²) in [6.07, 6.45) is 3.82. The minimum atomic E-state index is -0.251. The van der Waals surface area contributed by atoms with E-state index in [2.05, 4.69) is 16.4 Å². The summed E-state index contributed by atoms with van der Waals surface area (Å²) in [6.45, 7) is 1.91. The molecule has 1 aromatic carbocycles. The van der Waals surface area contributed by atoms with Crippen molar-refractivity contribution in [2.24, 2.45) is 11.7 Å². The highest BCUT2D eigenvalue weighted by atomic mass is 16.1. The number of nitriles is 1. The van der Waals surface area contributed by atoms with Gasteiger partial charge in [-0.05, 0) is 43.5 Å². The summed E-state index contributed by atoms with van der Waals surface area (Å²) < 4.78 is 1.98. The van der Waals surface area contributed by atoms with E-state index in [9.17, 15) is 10.1 Å². The Balaban J connectivity index is 1.89. The van der Waals surface area contributed by atoms with Crippen LogP contribution in [0.3, 0.4) is 0 Å². The fraction of sp³-hybridized carbons (Fsp3) is 0.350. The number of amides is 1. The van der Waals surface area contributed by atoms with Gasteiger partial charge in [-0.2, -0.15) is 5.26 Å². The molecular formula is C20H21N5O. The smallest absolute Gasteiger partial charge is 0.222 e. The monoisotopic (exact) mass is 347 g/mol. The Morgan fingerprint density at radius 1 is 1.35 bits per heavy atom. The Kier molecular flexibility index (Phi) is 4.00. The number of nitrogens with two attached hydrogens (primary N) is 1. The molecule has 2 heterocycles. The average Bonchev–Trinajstić information content (AvgIpc) is 3.01. The van der Waals surface area contributed by atoms with E-state index in [-0.39, 0.29) is 17.9 Å². The van der Waals surface area contributed by atoms with E-state index in [1.807, 2.05) is 41.7 Å². The van der Waals surface area contributed by atoms with E-state index in [1.165, 1.54) is 0 Å². The zero-order valence-corrected chi connectivity index (χ0v) is 14.7. The van der Waals surface area contributed by atoms with Crippen LogP contribution in [0.5, 0.6) is 0 Å². The first-order valence-corrected chi connectivity index (χ1v) is 8.97. The molecule has 1 aliphatic rings. The fourth-order valence-corrected chi connectivity index (χ4v) is 4.03. The zero-order valence-electron chi connectivity index (χ0n) is 14.7. The van der Waals surface area contributed by atoms with Crippen LogP contribution in [0.2, 0.25) is 0 Å². The largest absolute Gasteiger partial charge is 0.369 e. The van der Waals surface area contributed by atoms with Gasteiger partial charge in [0.05, 0.1) is 22.5 Å². The number of hydrogen-bond acceptors (Lipinski definition) is 4. The predicted octanol–water partition coefficient (Wildman–Crippen LogP) is 3.12. The first-order chi connectivity index (χ1) is 12.6. The van der Waals surface area contributed by atoms with E-state index in [0.717, 1.165) is 48.1 Å². The van der Waals surface area contributed by atoms with E-state index < -0.39 is 0 Å². The van der Waals surface area contributed by atoms with Crippen LogP contribution in [0.25, 0.3) is 16.7 Å². The highest BCUT2D eigenvalue weighted by molar-refractivity contribution is 5.85. The van der Waals surface area contributed by atoms with Crippen LogP contribution < -0.4 is 11.1 Å². The molecule has 1 saturated carbocycles. The van der Waals surface area contributed by atoms with Gasteiger partial charge < -0.3 is 11.1 Å². The summed E-state index contributed by atoms with van der Waals surface area (Å²) in [6, 6.07) is 12.1. The lowest BCUT2D eigenvalue weighted by Gasteiger charge is -2.31. The van der Waals surface area contributed by atoms with E-state index in [0.29, 0.717) is 11.2 Å². The van der Waals surface area contributed by atoms with Crippen molar-refractivity contribution in [3.05, 3.63) is 41.5 Å². The molecule has 1 fully saturated rings. The van der Waals surface area contributed by atoms with Gasteiger partial charge in [-0.1, -0.05) is 25.0 Å². The number of nitrogens with zero attached hydrogens (tertiary/aromatic N) is 3. The first kappa shape index (κ1) is 16.4. The molecule has 0 spiro atoms. The van der Waals surface area contributed by atoms with Gasteiger partial charge in [0.1, 0.15) is 11.9 Å². The molecule has 2 unspecified atom stereocenters. The normalized spacial score (nSPS) is 20.2. The first-order valence-electron chi connectivity index (χ1n) is 8.97. The fourth-order valence-electron chi connectivity index (χ4n) is 4.03. The highest BCUT2D eigenvalue weighted by Gasteiger charge is 2.30. The van der Waals surface area contributed by atoms with Crippen molar-refractivity contribution in [3.63, 3.8) is 0 Å². The van der Waals surface area contributed by atoms with Crippen molar-refractivity contribution >= 4 is 28.4 Å². The standard InChI is InChI=1S/C20H21N5O/c1-12-10-18(23-15-7-3-2-6-13(15)19(22)26)25-17-9-5-4-8-16(17)24-20(25)14(12)11-21/h4-5,8-10,13,15,23H,2-3,6-7H2,1H3,(H2,22,26). The summed E-state index contributed by atoms with van der Waals surface area (Å²) in [4.78, 5) is 16.5. The Hall–Kier alpha value is -3.07. The molecule has 4 rings (SSSR count). The van der Waals surface area contributed by atoms with E-state index >= 15 is 0 Å². The van der Waals surface area contributed by atoms with Crippen molar-refractivity contribution in [2.75, 3.05) is 5.32 Å². The van der Waals surface area contributed by atoms with Crippen LogP contribution in [-0.4, -0.2) is 21.3 Å². The lowest BCUT2D eigenvalue weighted by Crippen LogP contribution is -2.40. The van der Waals surface area contributed by atoms with Crippen molar-refractivity contribution < 1.29 is 4.79 Å². The molecular weight excluding hydrogens is 326 g/mol. The number of imidazole rings is 1. The van der Waals surface area contributed by atoms with Crippen LogP contribution in [0.15, 0.2) is 30.3 Å². The molecule has 1 aliphatic carbocycles. The Morgan fingerprint density at radius 3 is 2.88 bits per heavy atom. The average molecular weight is 347 g/mol. The number of hydrogen-bond donors (Lipinski definition) is 2. The van der Waals surface area contributed by atoms with Crippen LogP contribution in [-0.2, 0) is 4.79 Å². The van der Waals surface area contributed by atoms with Crippen molar-refractivity contribution in [1.29, 1.82) is 5.26 Å². The zero-order chi connectivity index (χ0) is 18.3. The number of primary amides is 1. The van der Waals surface area contributed by atoms with Crippen molar-refractivity contribution in [3.8, 4) is 6.07 Å². The lowest BCUT2D eigenvalue weighted by molar-refractivity contribution is -0.122. The number of anilines is 1. The summed E-state index contributed by atoms with van der Waals surface area (Å²) in [5.74, 6) is 0.423. The molecule has 2 atom stereocenters. The second-order valence-corrected chi connectivity index (χ2v) is 7.00. The van der Waals surface area contributed by atoms with Gasteiger partial charge in [0, 0.05) is 6.04 Å². The number of carbonyl (C=O) groups is 1. The minimum absolute atomic E-state index is 0.00190. The Morgan fingerprint density at radius 2 is 2.12 bits per heavy atom. The number of nitrogens with one attached hydrogen (secondary N) is 1. The van der Waals surface area contributed by atoms with Gasteiger partial charge in [-0.3, -0.25) is 9.20 Å². The van der Waals surface area contributed by atoms with Gasteiger partial charge in [0.25, 0.3) is 0 Å². The Labute approximate surface area is 151 Å². The Bertz CT molecular complexity index is 1050. The number of pyridine rings is 1. The lowest BCUT2D eigenvalue weighted by atomic mass is 9.84. The van der Waals surface area contributed by atoms with E-state index in [1.54, 1.807) is 0 Å². The topological polar surface area (TPSA) is 96.2 Å². The third-order valence-electron chi connectivity index (χ3n) is 5.35. The van der Waals surface area contributed by atoms with Gasteiger partial charge in [-0.15, -0.1) is 0 Å². The summed E-state index contributed by atoms with van der Waals surface area (Å²) in [5, 5.41) is 13.1. The molecule has 3 N–H and O–H groups in total. The maximum absolute atomic E-state index is 11.9. The highest BCUT2D eigenvalue weighted by Crippen LogP contribution is 2.31. The molecule has 26 heavy (non-hydrogen) atoms.